The Balaban J connectivity index is 1.89. The maximum absolute atomic E-state index is 12.2. The van der Waals surface area contributed by atoms with Gasteiger partial charge in [-0.1, -0.05) is 36.4 Å². The lowest BCUT2D eigenvalue weighted by molar-refractivity contribution is 0.0915. The highest BCUT2D eigenvalue weighted by atomic mass is 32.1. The molecule has 0 bridgehead atoms. The van der Waals surface area contributed by atoms with Crippen LogP contribution in [0.5, 0.6) is 0 Å². The normalized spacial score (nSPS) is 12.0. The lowest BCUT2D eigenvalue weighted by Gasteiger charge is -2.17. The summed E-state index contributed by atoms with van der Waals surface area (Å²) in [6.45, 7) is 0. The molecule has 0 aliphatic heterocycles. The van der Waals surface area contributed by atoms with Gasteiger partial charge in [0, 0.05) is 4.88 Å². The molecule has 0 aliphatic carbocycles. The molecule has 0 spiro atoms. The van der Waals surface area contributed by atoms with Gasteiger partial charge in [-0.3, -0.25) is 4.79 Å². The van der Waals surface area contributed by atoms with Crippen LogP contribution >= 0.6 is 11.3 Å². The van der Waals surface area contributed by atoms with E-state index >= 15 is 0 Å². The van der Waals surface area contributed by atoms with Crippen LogP contribution in [-0.4, -0.2) is 5.91 Å². The molecule has 0 saturated heterocycles. The highest BCUT2D eigenvalue weighted by Crippen LogP contribution is 2.26. The molecule has 2 aromatic heterocycles. The van der Waals surface area contributed by atoms with E-state index in [4.69, 9.17) is 4.42 Å². The van der Waals surface area contributed by atoms with Crippen LogP contribution < -0.4 is 5.32 Å². The Morgan fingerprint density at radius 2 is 1.90 bits per heavy atom. The number of carbonyl (C=O) groups is 1. The smallest absolute Gasteiger partial charge is 0.287 e. The fourth-order valence-corrected chi connectivity index (χ4v) is 2.83. The minimum Gasteiger partial charge on any atom is -0.459 e. The molecule has 0 saturated carbocycles. The van der Waals surface area contributed by atoms with E-state index < -0.39 is 0 Å². The van der Waals surface area contributed by atoms with Crippen molar-refractivity contribution in [3.8, 4) is 0 Å². The average Bonchev–Trinajstić information content (AvgIpc) is 3.18. The van der Waals surface area contributed by atoms with E-state index in [2.05, 4.69) is 5.32 Å². The number of carbonyl (C=O) groups excluding carboxylic acids is 1. The summed E-state index contributed by atoms with van der Waals surface area (Å²) in [7, 11) is 0. The van der Waals surface area contributed by atoms with Crippen molar-refractivity contribution in [2.45, 2.75) is 6.04 Å². The van der Waals surface area contributed by atoms with Gasteiger partial charge in [0.25, 0.3) is 5.91 Å². The van der Waals surface area contributed by atoms with E-state index in [9.17, 15) is 4.79 Å². The van der Waals surface area contributed by atoms with Crippen LogP contribution in [0.2, 0.25) is 0 Å². The Kier molecular flexibility index (Phi) is 3.65. The molecule has 3 rings (SSSR count). The molecule has 0 aliphatic rings. The standard InChI is InChI=1S/C16H13NO2S/c18-16(13-8-4-10-19-13)17-15(14-9-5-11-20-14)12-6-2-1-3-7-12/h1-11,15H,(H,17,18). The molecule has 1 unspecified atom stereocenters. The monoisotopic (exact) mass is 283 g/mol. The van der Waals surface area contributed by atoms with Gasteiger partial charge in [0.1, 0.15) is 0 Å². The fraction of sp³-hybridized carbons (Fsp3) is 0.0625. The molecule has 0 fully saturated rings. The Hall–Kier alpha value is -2.33. The van der Waals surface area contributed by atoms with Crippen LogP contribution in [0.15, 0.2) is 70.7 Å². The first-order valence-electron chi connectivity index (χ1n) is 6.27. The first kappa shape index (κ1) is 12.7. The first-order valence-corrected chi connectivity index (χ1v) is 7.15. The summed E-state index contributed by atoms with van der Waals surface area (Å²) in [5.41, 5.74) is 1.05. The third-order valence-electron chi connectivity index (χ3n) is 2.98. The van der Waals surface area contributed by atoms with Gasteiger partial charge < -0.3 is 9.73 Å². The first-order chi connectivity index (χ1) is 9.84. The van der Waals surface area contributed by atoms with Crippen molar-refractivity contribution in [1.29, 1.82) is 0 Å². The molecular weight excluding hydrogens is 270 g/mol. The molecule has 20 heavy (non-hydrogen) atoms. The van der Waals surface area contributed by atoms with Gasteiger partial charge >= 0.3 is 0 Å². The lowest BCUT2D eigenvalue weighted by Crippen LogP contribution is -2.28. The predicted octanol–water partition coefficient (Wildman–Crippen LogP) is 3.86. The number of thiophene rings is 1. The third-order valence-corrected chi connectivity index (χ3v) is 3.92. The van der Waals surface area contributed by atoms with E-state index in [1.807, 2.05) is 47.8 Å². The molecule has 0 radical (unpaired) electrons. The number of hydrogen-bond donors (Lipinski definition) is 1. The number of benzene rings is 1. The maximum atomic E-state index is 12.2. The summed E-state index contributed by atoms with van der Waals surface area (Å²) in [6.07, 6.45) is 1.50. The van der Waals surface area contributed by atoms with Crippen molar-refractivity contribution < 1.29 is 9.21 Å². The zero-order valence-electron chi connectivity index (χ0n) is 10.7. The highest BCUT2D eigenvalue weighted by molar-refractivity contribution is 7.10. The second-order valence-corrected chi connectivity index (χ2v) is 5.29. The minimum absolute atomic E-state index is 0.159. The number of nitrogens with one attached hydrogen (secondary N) is 1. The summed E-state index contributed by atoms with van der Waals surface area (Å²) in [5.74, 6) is 0.111. The zero-order chi connectivity index (χ0) is 13.8. The number of amides is 1. The Bertz CT molecular complexity index is 660. The van der Waals surface area contributed by atoms with Gasteiger partial charge in [0.05, 0.1) is 12.3 Å². The van der Waals surface area contributed by atoms with Crippen molar-refractivity contribution in [3.63, 3.8) is 0 Å². The average molecular weight is 283 g/mol. The minimum atomic E-state index is -0.211. The molecule has 1 atom stereocenters. The van der Waals surface area contributed by atoms with Crippen molar-refractivity contribution in [1.82, 2.24) is 5.32 Å². The molecule has 100 valence electrons. The van der Waals surface area contributed by atoms with Crippen LogP contribution in [0.1, 0.15) is 27.0 Å². The van der Waals surface area contributed by atoms with Crippen LogP contribution in [0.25, 0.3) is 0 Å². The Morgan fingerprint density at radius 3 is 2.55 bits per heavy atom. The summed E-state index contributed by atoms with van der Waals surface area (Å²) in [5, 5.41) is 5.02. The molecule has 4 heteroatoms. The van der Waals surface area contributed by atoms with Crippen molar-refractivity contribution >= 4 is 17.2 Å². The molecule has 2 heterocycles. The topological polar surface area (TPSA) is 42.2 Å². The van der Waals surface area contributed by atoms with Gasteiger partial charge in [-0.15, -0.1) is 11.3 Å². The van der Waals surface area contributed by atoms with Crippen LogP contribution in [0.3, 0.4) is 0 Å². The van der Waals surface area contributed by atoms with Gasteiger partial charge in [0.15, 0.2) is 5.76 Å². The summed E-state index contributed by atoms with van der Waals surface area (Å²) in [4.78, 5) is 13.3. The molecule has 1 aromatic carbocycles. The molecule has 1 N–H and O–H groups in total. The largest absolute Gasteiger partial charge is 0.459 e. The predicted molar refractivity (Wildman–Crippen MR) is 78.8 cm³/mol. The Labute approximate surface area is 120 Å². The second-order valence-electron chi connectivity index (χ2n) is 4.31. The van der Waals surface area contributed by atoms with Gasteiger partial charge in [-0.05, 0) is 29.1 Å². The number of rotatable bonds is 4. The van der Waals surface area contributed by atoms with E-state index in [1.165, 1.54) is 6.26 Å². The van der Waals surface area contributed by atoms with Crippen molar-refractivity contribution in [3.05, 3.63) is 82.4 Å². The van der Waals surface area contributed by atoms with Crippen LogP contribution in [0.4, 0.5) is 0 Å². The van der Waals surface area contributed by atoms with Crippen molar-refractivity contribution in [2.24, 2.45) is 0 Å². The van der Waals surface area contributed by atoms with Crippen molar-refractivity contribution in [2.75, 3.05) is 0 Å². The maximum Gasteiger partial charge on any atom is 0.287 e. The van der Waals surface area contributed by atoms with E-state index in [1.54, 1.807) is 23.5 Å². The van der Waals surface area contributed by atoms with E-state index in [-0.39, 0.29) is 11.9 Å². The molecule has 1 amide bonds. The number of furan rings is 1. The lowest BCUT2D eigenvalue weighted by atomic mass is 10.1. The van der Waals surface area contributed by atoms with Crippen LogP contribution in [-0.2, 0) is 0 Å². The highest BCUT2D eigenvalue weighted by Gasteiger charge is 2.19. The third kappa shape index (κ3) is 2.65. The number of hydrogen-bond acceptors (Lipinski definition) is 3. The zero-order valence-corrected chi connectivity index (χ0v) is 11.5. The molecule has 3 aromatic rings. The SMILES string of the molecule is O=C(NC(c1ccccc1)c1cccs1)c1ccco1. The van der Waals surface area contributed by atoms with E-state index in [0.29, 0.717) is 5.76 Å². The summed E-state index contributed by atoms with van der Waals surface area (Å²) in [6, 6.07) is 17.1. The van der Waals surface area contributed by atoms with Gasteiger partial charge in [-0.2, -0.15) is 0 Å². The fourth-order valence-electron chi connectivity index (χ4n) is 2.03. The molecular formula is C16H13NO2S. The van der Waals surface area contributed by atoms with Gasteiger partial charge in [-0.25, -0.2) is 0 Å². The summed E-state index contributed by atoms with van der Waals surface area (Å²) >= 11 is 1.62. The van der Waals surface area contributed by atoms with Crippen LogP contribution in [0, 0.1) is 0 Å². The van der Waals surface area contributed by atoms with E-state index in [0.717, 1.165) is 10.4 Å². The summed E-state index contributed by atoms with van der Waals surface area (Å²) < 4.78 is 5.14. The Morgan fingerprint density at radius 1 is 1.05 bits per heavy atom. The second kappa shape index (κ2) is 5.75. The van der Waals surface area contributed by atoms with Gasteiger partial charge in [0.2, 0.25) is 0 Å². The quantitative estimate of drug-likeness (QED) is 0.790. The molecule has 3 nitrogen and oxygen atoms in total.